The van der Waals surface area contributed by atoms with Crippen molar-refractivity contribution < 1.29 is 129 Å². The van der Waals surface area contributed by atoms with Crippen LogP contribution < -0.4 is 0 Å². The molecule has 5 atom stereocenters. The fourth-order valence-electron chi connectivity index (χ4n) is 5.22. The van der Waals surface area contributed by atoms with Gasteiger partial charge in [-0.2, -0.15) is 0 Å². The van der Waals surface area contributed by atoms with Crippen LogP contribution in [0.15, 0.2) is 48.6 Å². The minimum Gasteiger partial charge on any atom is -0.466 e. The van der Waals surface area contributed by atoms with E-state index in [1.54, 1.807) is 0 Å². The van der Waals surface area contributed by atoms with Crippen LogP contribution in [-0.2, 0) is 108 Å². The predicted octanol–water partition coefficient (Wildman–Crippen LogP) is 5.47. The molecule has 0 bridgehead atoms. The summed E-state index contributed by atoms with van der Waals surface area (Å²) in [6.45, 7) is 40.2. The first-order valence-electron chi connectivity index (χ1n) is 28.5. The molecule has 89 heavy (non-hydrogen) atoms. The number of hydrogen-bond acceptors (Lipinski definition) is 27. The van der Waals surface area contributed by atoms with Gasteiger partial charge >= 0.3 is 47.8 Å². The van der Waals surface area contributed by atoms with Crippen LogP contribution in [0.2, 0.25) is 54.4 Å². The molecule has 27 nitrogen and oxygen atoms in total. The highest BCUT2D eigenvalue weighted by Crippen LogP contribution is 2.39. The number of aliphatic hydroxyl groups excluding tert-OH is 4. The Kier molecular flexibility index (Phi) is 41.7. The van der Waals surface area contributed by atoms with E-state index in [2.05, 4.69) is 112 Å². The Morgan fingerprint density at radius 1 is 0.449 bits per heavy atom. The maximum Gasteiger partial charge on any atom is 0.331 e. The van der Waals surface area contributed by atoms with E-state index in [1.807, 2.05) is 40.8 Å². The molecule has 0 unspecified atom stereocenters. The van der Waals surface area contributed by atoms with Crippen molar-refractivity contribution in [1.82, 2.24) is 0 Å². The van der Waals surface area contributed by atoms with Crippen molar-refractivity contribution in [2.75, 3.05) is 94.5 Å². The summed E-state index contributed by atoms with van der Waals surface area (Å²) in [7, 11) is -0.936. The first-order chi connectivity index (χ1) is 40.6. The van der Waals surface area contributed by atoms with Crippen LogP contribution >= 0.6 is 0 Å². The average molecular weight is 1330 g/mol. The number of esters is 8. The minimum absolute atomic E-state index is 0.00227. The summed E-state index contributed by atoms with van der Waals surface area (Å²) < 4.78 is 76.3. The van der Waals surface area contributed by atoms with Gasteiger partial charge in [0.2, 0.25) is 0 Å². The summed E-state index contributed by atoms with van der Waals surface area (Å²) in [6, 6.07) is 0. The van der Waals surface area contributed by atoms with Crippen LogP contribution in [0.3, 0.4) is 0 Å². The third-order valence-corrected chi connectivity index (χ3v) is 27.2. The second-order valence-corrected chi connectivity index (χ2v) is 39.5. The summed E-state index contributed by atoms with van der Waals surface area (Å²) in [5.74, 6) is -7.29. The van der Waals surface area contributed by atoms with E-state index in [0.29, 0.717) is 19.8 Å². The first kappa shape index (κ1) is 88.1. The lowest BCUT2D eigenvalue weighted by molar-refractivity contribution is -0.155. The molecule has 516 valence electrons. The quantitative estimate of drug-likeness (QED) is 0.0361. The van der Waals surface area contributed by atoms with Crippen molar-refractivity contribution in [3.63, 3.8) is 0 Å². The lowest BCUT2D eigenvalue weighted by Gasteiger charge is -2.37. The molecule has 2 saturated heterocycles. The fourth-order valence-corrected chi connectivity index (χ4v) is 8.33. The first-order valence-corrected chi connectivity index (χ1v) is 37.2. The van der Waals surface area contributed by atoms with Crippen LogP contribution in [0, 0.1) is 0 Å². The molecule has 2 heterocycles. The standard InChI is InChI=1S/C19H30O9Si.C13H16O9.C12H26O3Si.C9H22O3Si.C6H12O3/c1-19(2,3)29(6,7)27-13-14(28-18(23)11-9-16(21)25-5)12-26-17(22)10-8-15(20)24-4;1-19-10(15)3-5-12(17)21-8-9(7-14)22-13(18)6-4-11(16)20-2;1-11(2,3)16(6,7)14-9-10-8-13-12(4,5)15-10;1-9(2,3)13(4,5)12-7-8(11)6-10;1-6(2)8-4-5(3-7)9-6/h8-11,14H,12-13H2,1-7H3;3-6,9,14H,7-8H2,1-2H3;10H,8-9H2,1-7H3;8,10-11H,6-7H2,1-5H3;5,7H,3-4H2,1-2H3/b10-8+,11-9+;5-3+,6-4+;;;/t14-;9-;10-;8-;5-/m10110/s1. The van der Waals surface area contributed by atoms with E-state index in [9.17, 15) is 38.4 Å². The number of carbonyl (C=O) groups is 8. The van der Waals surface area contributed by atoms with Gasteiger partial charge in [0.05, 0.1) is 87.4 Å². The van der Waals surface area contributed by atoms with Crippen LogP contribution in [0.1, 0.15) is 90.0 Å². The molecule has 0 aliphatic carbocycles. The zero-order valence-corrected chi connectivity index (χ0v) is 59.8. The lowest BCUT2D eigenvalue weighted by atomic mass is 10.2. The molecule has 2 rings (SSSR count). The van der Waals surface area contributed by atoms with E-state index in [1.165, 1.54) is 14.2 Å². The number of methoxy groups -OCH3 is 4. The Labute approximate surface area is 529 Å². The van der Waals surface area contributed by atoms with Gasteiger partial charge in [-0.25, -0.2) is 38.4 Å². The number of ether oxygens (including phenoxy) is 12. The zero-order valence-electron chi connectivity index (χ0n) is 56.8. The Hall–Kier alpha value is -5.07. The minimum atomic E-state index is -2.15. The third-order valence-electron chi connectivity index (χ3n) is 13.7. The summed E-state index contributed by atoms with van der Waals surface area (Å²) in [6.07, 6.45) is 4.13. The highest BCUT2D eigenvalue weighted by atomic mass is 28.4. The maximum atomic E-state index is 11.9. The highest BCUT2D eigenvalue weighted by Gasteiger charge is 2.41. The molecular weight excluding hydrogens is 1220 g/mol. The smallest absolute Gasteiger partial charge is 0.331 e. The van der Waals surface area contributed by atoms with Crippen LogP contribution in [0.5, 0.6) is 0 Å². The molecule has 4 N–H and O–H groups in total. The van der Waals surface area contributed by atoms with Crippen molar-refractivity contribution in [3.8, 4) is 0 Å². The molecule has 30 heteroatoms. The van der Waals surface area contributed by atoms with Gasteiger partial charge in [0.1, 0.15) is 25.4 Å². The van der Waals surface area contributed by atoms with Crippen molar-refractivity contribution >= 4 is 72.7 Å². The number of hydrogen-bond donors (Lipinski definition) is 4. The van der Waals surface area contributed by atoms with Crippen LogP contribution in [0.25, 0.3) is 0 Å². The Morgan fingerprint density at radius 3 is 1.04 bits per heavy atom. The van der Waals surface area contributed by atoms with E-state index < -0.39 is 116 Å². The van der Waals surface area contributed by atoms with Crippen LogP contribution in [-0.4, -0.2) is 230 Å². The molecule has 0 saturated carbocycles. The maximum absolute atomic E-state index is 11.9. The van der Waals surface area contributed by atoms with Crippen LogP contribution in [0.4, 0.5) is 0 Å². The van der Waals surface area contributed by atoms with Gasteiger partial charge in [0, 0.05) is 48.6 Å². The van der Waals surface area contributed by atoms with E-state index >= 15 is 0 Å². The fraction of sp³-hybridized carbons (Fsp3) is 0.729. The van der Waals surface area contributed by atoms with Crippen molar-refractivity contribution in [3.05, 3.63) is 48.6 Å². The van der Waals surface area contributed by atoms with Gasteiger partial charge in [0.25, 0.3) is 0 Å². The molecular formula is C59H106O27Si3. The summed E-state index contributed by atoms with van der Waals surface area (Å²) in [5, 5.41) is 35.7. The molecule has 2 aliphatic heterocycles. The van der Waals surface area contributed by atoms with Crippen molar-refractivity contribution in [2.24, 2.45) is 0 Å². The number of aliphatic hydroxyl groups is 4. The second-order valence-electron chi connectivity index (χ2n) is 25.1. The Morgan fingerprint density at radius 2 is 0.753 bits per heavy atom. The molecule has 0 aromatic heterocycles. The monoisotopic (exact) mass is 1330 g/mol. The van der Waals surface area contributed by atoms with Gasteiger partial charge in [-0.3, -0.25) is 0 Å². The van der Waals surface area contributed by atoms with E-state index in [-0.39, 0.29) is 60.4 Å². The second kappa shape index (κ2) is 42.1. The molecule has 0 amide bonds. The molecule has 0 radical (unpaired) electrons. The molecule has 0 aromatic rings. The van der Waals surface area contributed by atoms with Crippen molar-refractivity contribution in [2.45, 2.75) is 186 Å². The van der Waals surface area contributed by atoms with Gasteiger partial charge in [-0.15, -0.1) is 0 Å². The van der Waals surface area contributed by atoms with Gasteiger partial charge < -0.3 is 90.5 Å². The van der Waals surface area contributed by atoms with Gasteiger partial charge in [0.15, 0.2) is 48.7 Å². The molecule has 2 fully saturated rings. The van der Waals surface area contributed by atoms with Gasteiger partial charge in [-0.05, 0) is 82.1 Å². The molecule has 2 aliphatic rings. The van der Waals surface area contributed by atoms with Crippen molar-refractivity contribution in [1.29, 1.82) is 0 Å². The Bertz CT molecular complexity index is 2270. The summed E-state index contributed by atoms with van der Waals surface area (Å²) >= 11 is 0. The highest BCUT2D eigenvalue weighted by molar-refractivity contribution is 6.74. The number of rotatable bonds is 26. The lowest BCUT2D eigenvalue weighted by Crippen LogP contribution is -2.44. The predicted molar refractivity (Wildman–Crippen MR) is 333 cm³/mol. The SMILES string of the molecule is CC(C)(C)[Si](C)(C)OC[C@H](O)CO.CC1(C)OC[C@H](CO)O1.CC1(C)OC[C@H](CO[Si](C)(C)C(C)(C)C)O1.COC(=O)/C=C/C(=O)OC[C@H](CO)OC(=O)/C=C/C(=O)OC.COC(=O)/C=C/C(=O)OC[C@H](CO[Si](C)(C)C(C)(C)C)OC(=O)/C=C/C(=O)OC. The topological polar surface area (TPSA) is 356 Å². The van der Waals surface area contributed by atoms with E-state index in [4.69, 9.17) is 66.9 Å². The summed E-state index contributed by atoms with van der Waals surface area (Å²) in [5.41, 5.74) is 0. The van der Waals surface area contributed by atoms with Gasteiger partial charge in [-0.1, -0.05) is 62.3 Å². The zero-order chi connectivity index (χ0) is 69.8. The number of carbonyl (C=O) groups excluding carboxylic acids is 8. The normalized spacial score (nSPS) is 17.6. The average Bonchev–Trinajstić information content (AvgIpc) is 2.55. The molecule has 0 spiro atoms. The largest absolute Gasteiger partial charge is 0.466 e. The third kappa shape index (κ3) is 41.8. The molecule has 0 aromatic carbocycles. The van der Waals surface area contributed by atoms with E-state index in [0.717, 1.165) is 62.8 Å². The Balaban J connectivity index is -0.00000109. The summed E-state index contributed by atoms with van der Waals surface area (Å²) in [4.78, 5) is 89.7.